The highest BCUT2D eigenvalue weighted by molar-refractivity contribution is 7.99. The smallest absolute Gasteiger partial charge is 0.262 e. The van der Waals surface area contributed by atoms with Gasteiger partial charge in [-0.25, -0.2) is 9.97 Å². The third-order valence-electron chi connectivity index (χ3n) is 3.70. The second-order valence-electron chi connectivity index (χ2n) is 6.03. The highest BCUT2D eigenvalue weighted by atomic mass is 32.2. The molecular formula is C21H18N4O2S. The number of benzene rings is 1. The van der Waals surface area contributed by atoms with Crippen LogP contribution in [0.4, 0.5) is 0 Å². The maximum atomic E-state index is 12.3. The Morgan fingerprint density at radius 1 is 1.18 bits per heavy atom. The van der Waals surface area contributed by atoms with Crippen molar-refractivity contribution in [1.29, 1.82) is 5.26 Å². The number of nitriles is 1. The third kappa shape index (κ3) is 5.32. The first-order valence-corrected chi connectivity index (χ1v) is 9.39. The largest absolute Gasteiger partial charge is 0.450 e. The van der Waals surface area contributed by atoms with Crippen LogP contribution in [-0.2, 0) is 11.3 Å². The van der Waals surface area contributed by atoms with E-state index in [4.69, 9.17) is 4.42 Å². The Morgan fingerprint density at radius 2 is 1.89 bits per heavy atom. The van der Waals surface area contributed by atoms with E-state index in [1.807, 2.05) is 56.3 Å². The summed E-state index contributed by atoms with van der Waals surface area (Å²) in [6.07, 6.45) is 1.42. The molecule has 2 heterocycles. The van der Waals surface area contributed by atoms with E-state index in [0.29, 0.717) is 22.6 Å². The van der Waals surface area contributed by atoms with Crippen LogP contribution in [0.3, 0.4) is 0 Å². The molecule has 0 spiro atoms. The van der Waals surface area contributed by atoms with Crippen molar-refractivity contribution in [2.45, 2.75) is 30.6 Å². The minimum atomic E-state index is -0.449. The van der Waals surface area contributed by atoms with Gasteiger partial charge in [-0.1, -0.05) is 30.3 Å². The molecular weight excluding hydrogens is 372 g/mol. The van der Waals surface area contributed by atoms with Gasteiger partial charge in [-0.3, -0.25) is 4.79 Å². The van der Waals surface area contributed by atoms with Gasteiger partial charge in [0.1, 0.15) is 17.4 Å². The molecule has 1 aromatic carbocycles. The van der Waals surface area contributed by atoms with E-state index in [0.717, 1.165) is 17.0 Å². The average Bonchev–Trinajstić information content (AvgIpc) is 3.11. The fraction of sp³-hybridized carbons (Fsp3) is 0.143. The zero-order chi connectivity index (χ0) is 19.9. The average molecular weight is 390 g/mol. The first kappa shape index (κ1) is 19.4. The van der Waals surface area contributed by atoms with Gasteiger partial charge < -0.3 is 9.73 Å². The number of hydrogen-bond acceptors (Lipinski definition) is 6. The molecule has 0 bridgehead atoms. The van der Waals surface area contributed by atoms with Crippen LogP contribution in [0, 0.1) is 25.2 Å². The number of carbonyl (C=O) groups excluding carboxylic acids is 1. The van der Waals surface area contributed by atoms with Crippen LogP contribution < -0.4 is 5.32 Å². The van der Waals surface area contributed by atoms with Crippen LogP contribution in [0.15, 0.2) is 68.8 Å². The first-order valence-electron chi connectivity index (χ1n) is 8.57. The summed E-state index contributed by atoms with van der Waals surface area (Å²) < 4.78 is 5.69. The van der Waals surface area contributed by atoms with Crippen molar-refractivity contribution < 1.29 is 9.21 Å². The molecule has 140 valence electrons. The van der Waals surface area contributed by atoms with Gasteiger partial charge in [-0.2, -0.15) is 5.26 Å². The monoisotopic (exact) mass is 390 g/mol. The van der Waals surface area contributed by atoms with E-state index >= 15 is 0 Å². The number of hydrogen-bond donors (Lipinski definition) is 1. The van der Waals surface area contributed by atoms with E-state index < -0.39 is 5.91 Å². The molecule has 0 fully saturated rings. The molecule has 2 aromatic heterocycles. The molecule has 3 rings (SSSR count). The maximum absolute atomic E-state index is 12.3. The van der Waals surface area contributed by atoms with Gasteiger partial charge in [0.05, 0.1) is 0 Å². The molecule has 1 N–H and O–H groups in total. The summed E-state index contributed by atoms with van der Waals surface area (Å²) >= 11 is 1.29. The molecule has 0 saturated heterocycles. The third-order valence-corrected chi connectivity index (χ3v) is 4.49. The van der Waals surface area contributed by atoms with Gasteiger partial charge in [0.2, 0.25) is 0 Å². The fourth-order valence-corrected chi connectivity index (χ4v) is 3.29. The van der Waals surface area contributed by atoms with E-state index in [9.17, 15) is 10.1 Å². The number of aromatic nitrogens is 2. The van der Waals surface area contributed by atoms with Crippen molar-refractivity contribution in [1.82, 2.24) is 15.3 Å². The normalized spacial score (nSPS) is 11.1. The summed E-state index contributed by atoms with van der Waals surface area (Å²) in [5, 5.41) is 13.2. The van der Waals surface area contributed by atoms with Gasteiger partial charge in [-0.15, -0.1) is 0 Å². The fourth-order valence-electron chi connectivity index (χ4n) is 2.46. The lowest BCUT2D eigenvalue weighted by Gasteiger charge is -2.03. The van der Waals surface area contributed by atoms with Crippen molar-refractivity contribution >= 4 is 23.7 Å². The van der Waals surface area contributed by atoms with Gasteiger partial charge in [-0.05, 0) is 49.4 Å². The lowest BCUT2D eigenvalue weighted by Crippen LogP contribution is -2.23. The van der Waals surface area contributed by atoms with E-state index in [1.54, 1.807) is 12.1 Å². The van der Waals surface area contributed by atoms with E-state index in [2.05, 4.69) is 15.3 Å². The maximum Gasteiger partial charge on any atom is 0.262 e. The van der Waals surface area contributed by atoms with E-state index in [1.165, 1.54) is 17.8 Å². The number of furan rings is 1. The molecule has 28 heavy (non-hydrogen) atoms. The summed E-state index contributed by atoms with van der Waals surface area (Å²) in [6, 6.07) is 16.8. The Kier molecular flexibility index (Phi) is 6.25. The summed E-state index contributed by atoms with van der Waals surface area (Å²) in [4.78, 5) is 21.0. The summed E-state index contributed by atoms with van der Waals surface area (Å²) in [7, 11) is 0. The van der Waals surface area contributed by atoms with Crippen LogP contribution in [0.5, 0.6) is 0 Å². The summed E-state index contributed by atoms with van der Waals surface area (Å²) in [5.41, 5.74) is 2.69. The highest BCUT2D eigenvalue weighted by Crippen LogP contribution is 2.27. The first-order chi connectivity index (χ1) is 13.5. The molecule has 0 aliphatic heterocycles. The molecule has 7 heteroatoms. The Labute approximate surface area is 167 Å². The quantitative estimate of drug-likeness (QED) is 0.388. The molecule has 0 unspecified atom stereocenters. The van der Waals surface area contributed by atoms with Crippen LogP contribution >= 0.6 is 11.8 Å². The van der Waals surface area contributed by atoms with Gasteiger partial charge >= 0.3 is 0 Å². The van der Waals surface area contributed by atoms with Crippen molar-refractivity contribution in [2.24, 2.45) is 0 Å². The Bertz CT molecular complexity index is 1030. The molecule has 0 radical (unpaired) electrons. The number of rotatable bonds is 6. The molecule has 0 saturated carbocycles. The predicted molar refractivity (Wildman–Crippen MR) is 106 cm³/mol. The lowest BCUT2D eigenvalue weighted by molar-refractivity contribution is -0.117. The number of aryl methyl sites for hydroxylation is 2. The van der Waals surface area contributed by atoms with Crippen LogP contribution in [-0.4, -0.2) is 15.9 Å². The van der Waals surface area contributed by atoms with Gasteiger partial charge in [0, 0.05) is 24.0 Å². The zero-order valence-corrected chi connectivity index (χ0v) is 16.3. The SMILES string of the molecule is Cc1cc(C)nc(Sc2ccc(/C=C(\C#N)C(=O)NCc3ccccc3)o2)n1. The van der Waals surface area contributed by atoms with Gasteiger partial charge in [0.25, 0.3) is 5.91 Å². The summed E-state index contributed by atoms with van der Waals surface area (Å²) in [6.45, 7) is 4.16. The second kappa shape index (κ2) is 9.02. The Morgan fingerprint density at radius 3 is 2.57 bits per heavy atom. The second-order valence-corrected chi connectivity index (χ2v) is 7.00. The molecule has 3 aromatic rings. The van der Waals surface area contributed by atoms with Crippen molar-refractivity contribution in [3.8, 4) is 6.07 Å². The number of amides is 1. The molecule has 0 aliphatic carbocycles. The highest BCUT2D eigenvalue weighted by Gasteiger charge is 2.11. The number of nitrogens with one attached hydrogen (secondary N) is 1. The molecule has 0 atom stereocenters. The van der Waals surface area contributed by atoms with Gasteiger partial charge in [0.15, 0.2) is 10.2 Å². The summed E-state index contributed by atoms with van der Waals surface area (Å²) in [5.74, 6) is -0.0344. The van der Waals surface area contributed by atoms with Crippen LogP contribution in [0.2, 0.25) is 0 Å². The van der Waals surface area contributed by atoms with Crippen molar-refractivity contribution in [3.63, 3.8) is 0 Å². The van der Waals surface area contributed by atoms with Crippen LogP contribution in [0.1, 0.15) is 22.7 Å². The van der Waals surface area contributed by atoms with Crippen molar-refractivity contribution in [3.05, 3.63) is 76.8 Å². The molecule has 0 aliphatic rings. The minimum absolute atomic E-state index is 0.0236. The predicted octanol–water partition coefficient (Wildman–Crippen LogP) is 4.06. The van der Waals surface area contributed by atoms with Crippen LogP contribution in [0.25, 0.3) is 6.08 Å². The Hall–Kier alpha value is -3.37. The lowest BCUT2D eigenvalue weighted by atomic mass is 10.2. The zero-order valence-electron chi connectivity index (χ0n) is 15.5. The number of carbonyl (C=O) groups is 1. The topological polar surface area (TPSA) is 91.8 Å². The Balaban J connectivity index is 1.67. The standard InChI is InChI=1S/C21H18N4O2S/c1-14-10-15(2)25-21(24-14)28-19-9-8-18(27-19)11-17(12-22)20(26)23-13-16-6-4-3-5-7-16/h3-11H,13H2,1-2H3,(H,23,26)/b17-11+. The van der Waals surface area contributed by atoms with E-state index in [-0.39, 0.29) is 5.57 Å². The number of nitrogens with zero attached hydrogens (tertiary/aromatic N) is 3. The molecule has 6 nitrogen and oxygen atoms in total. The minimum Gasteiger partial charge on any atom is -0.450 e. The molecule has 1 amide bonds. The van der Waals surface area contributed by atoms with Crippen molar-refractivity contribution in [2.75, 3.05) is 0 Å².